The molecule has 0 radical (unpaired) electrons. The SMILES string of the molecule is CN=C(NCc1ccc(Br)cc1)NC1CCCCC1. The van der Waals surface area contributed by atoms with Crippen molar-refractivity contribution in [1.29, 1.82) is 0 Å². The standard InChI is InChI=1S/C15H22BrN3/c1-17-15(19-14-5-3-2-4-6-14)18-11-12-7-9-13(16)10-8-12/h7-10,14H,2-6,11H2,1H3,(H2,17,18,19). The number of hydrogen-bond donors (Lipinski definition) is 2. The number of guanidine groups is 1. The Bertz CT molecular complexity index is 408. The zero-order valence-corrected chi connectivity index (χ0v) is 13.0. The molecular weight excluding hydrogens is 302 g/mol. The van der Waals surface area contributed by atoms with Gasteiger partial charge in [-0.25, -0.2) is 0 Å². The highest BCUT2D eigenvalue weighted by Crippen LogP contribution is 2.17. The van der Waals surface area contributed by atoms with Gasteiger partial charge in [-0.3, -0.25) is 4.99 Å². The van der Waals surface area contributed by atoms with Gasteiger partial charge in [-0.15, -0.1) is 0 Å². The summed E-state index contributed by atoms with van der Waals surface area (Å²) in [7, 11) is 1.83. The van der Waals surface area contributed by atoms with Crippen LogP contribution in [0, 0.1) is 0 Å². The normalized spacial score (nSPS) is 17.3. The Morgan fingerprint density at radius 2 is 1.89 bits per heavy atom. The van der Waals surface area contributed by atoms with Crippen molar-refractivity contribution >= 4 is 21.9 Å². The molecule has 0 bridgehead atoms. The highest BCUT2D eigenvalue weighted by Gasteiger charge is 2.14. The van der Waals surface area contributed by atoms with Gasteiger partial charge < -0.3 is 10.6 Å². The molecule has 0 atom stereocenters. The fraction of sp³-hybridized carbons (Fsp3) is 0.533. The summed E-state index contributed by atoms with van der Waals surface area (Å²) in [5.41, 5.74) is 1.26. The highest BCUT2D eigenvalue weighted by atomic mass is 79.9. The third-order valence-corrected chi connectivity index (χ3v) is 4.07. The minimum Gasteiger partial charge on any atom is -0.354 e. The van der Waals surface area contributed by atoms with Crippen molar-refractivity contribution in [3.63, 3.8) is 0 Å². The first kappa shape index (κ1) is 14.4. The van der Waals surface area contributed by atoms with Gasteiger partial charge in [0.2, 0.25) is 0 Å². The number of nitrogens with one attached hydrogen (secondary N) is 2. The largest absolute Gasteiger partial charge is 0.354 e. The van der Waals surface area contributed by atoms with E-state index in [0.29, 0.717) is 6.04 Å². The molecule has 2 N–H and O–H groups in total. The second kappa shape index (κ2) is 7.53. The molecule has 1 aromatic rings. The van der Waals surface area contributed by atoms with Gasteiger partial charge in [0.1, 0.15) is 0 Å². The Kier molecular flexibility index (Phi) is 5.70. The van der Waals surface area contributed by atoms with Crippen molar-refractivity contribution < 1.29 is 0 Å². The fourth-order valence-electron chi connectivity index (χ4n) is 2.42. The monoisotopic (exact) mass is 323 g/mol. The molecule has 104 valence electrons. The minimum atomic E-state index is 0.588. The van der Waals surface area contributed by atoms with E-state index in [9.17, 15) is 0 Å². The molecule has 1 aromatic carbocycles. The Morgan fingerprint density at radius 3 is 2.53 bits per heavy atom. The molecule has 1 saturated carbocycles. The Balaban J connectivity index is 1.80. The molecule has 2 rings (SSSR count). The average Bonchev–Trinajstić information content (AvgIpc) is 2.46. The summed E-state index contributed by atoms with van der Waals surface area (Å²) < 4.78 is 1.11. The van der Waals surface area contributed by atoms with E-state index in [1.807, 2.05) is 7.05 Å². The van der Waals surface area contributed by atoms with Crippen LogP contribution in [0.2, 0.25) is 0 Å². The maximum Gasteiger partial charge on any atom is 0.191 e. The van der Waals surface area contributed by atoms with Crippen LogP contribution in [0.25, 0.3) is 0 Å². The van der Waals surface area contributed by atoms with Gasteiger partial charge in [-0.05, 0) is 30.5 Å². The maximum absolute atomic E-state index is 4.30. The molecule has 0 saturated heterocycles. The molecule has 0 aromatic heterocycles. The molecule has 0 heterocycles. The van der Waals surface area contributed by atoms with Crippen molar-refractivity contribution in [2.75, 3.05) is 7.05 Å². The van der Waals surface area contributed by atoms with Crippen molar-refractivity contribution in [2.24, 2.45) is 4.99 Å². The van der Waals surface area contributed by atoms with Crippen molar-refractivity contribution in [3.8, 4) is 0 Å². The van der Waals surface area contributed by atoms with Crippen molar-refractivity contribution in [2.45, 2.75) is 44.7 Å². The Morgan fingerprint density at radius 1 is 1.21 bits per heavy atom. The van der Waals surface area contributed by atoms with Crippen LogP contribution < -0.4 is 10.6 Å². The van der Waals surface area contributed by atoms with Gasteiger partial charge >= 0.3 is 0 Å². The molecule has 0 aliphatic heterocycles. The Labute approximate surface area is 124 Å². The third-order valence-electron chi connectivity index (χ3n) is 3.54. The van der Waals surface area contributed by atoms with Crippen LogP contribution in [-0.4, -0.2) is 19.0 Å². The average molecular weight is 324 g/mol. The number of hydrogen-bond acceptors (Lipinski definition) is 1. The van der Waals surface area contributed by atoms with Gasteiger partial charge in [-0.1, -0.05) is 47.3 Å². The lowest BCUT2D eigenvalue weighted by atomic mass is 9.96. The molecule has 0 spiro atoms. The van der Waals surface area contributed by atoms with Gasteiger partial charge in [0.05, 0.1) is 0 Å². The molecule has 1 fully saturated rings. The first-order chi connectivity index (χ1) is 9.28. The molecular formula is C15H22BrN3. The predicted octanol–water partition coefficient (Wildman–Crippen LogP) is 3.45. The quantitative estimate of drug-likeness (QED) is 0.660. The molecule has 1 aliphatic carbocycles. The van der Waals surface area contributed by atoms with Gasteiger partial charge in [0.15, 0.2) is 5.96 Å². The predicted molar refractivity (Wildman–Crippen MR) is 84.3 cm³/mol. The topological polar surface area (TPSA) is 36.4 Å². The summed E-state index contributed by atoms with van der Waals surface area (Å²) in [6.07, 6.45) is 6.57. The first-order valence-corrected chi connectivity index (χ1v) is 7.79. The highest BCUT2D eigenvalue weighted by molar-refractivity contribution is 9.10. The molecule has 19 heavy (non-hydrogen) atoms. The summed E-state index contributed by atoms with van der Waals surface area (Å²) >= 11 is 3.45. The lowest BCUT2D eigenvalue weighted by Crippen LogP contribution is -2.43. The summed E-state index contributed by atoms with van der Waals surface area (Å²) in [4.78, 5) is 4.30. The van der Waals surface area contributed by atoms with Crippen LogP contribution >= 0.6 is 15.9 Å². The fourth-order valence-corrected chi connectivity index (χ4v) is 2.69. The van der Waals surface area contributed by atoms with E-state index < -0.39 is 0 Å². The summed E-state index contributed by atoms with van der Waals surface area (Å²) in [5.74, 6) is 0.912. The van der Waals surface area contributed by atoms with Crippen LogP contribution in [-0.2, 0) is 6.54 Å². The molecule has 0 unspecified atom stereocenters. The molecule has 1 aliphatic rings. The van der Waals surface area contributed by atoms with E-state index in [-0.39, 0.29) is 0 Å². The van der Waals surface area contributed by atoms with E-state index in [2.05, 4.69) is 55.8 Å². The zero-order chi connectivity index (χ0) is 13.5. The summed E-state index contributed by atoms with van der Waals surface area (Å²) in [6, 6.07) is 8.95. The lowest BCUT2D eigenvalue weighted by Gasteiger charge is -2.24. The number of nitrogens with zero attached hydrogens (tertiary/aromatic N) is 1. The van der Waals surface area contributed by atoms with Crippen LogP contribution in [0.15, 0.2) is 33.7 Å². The van der Waals surface area contributed by atoms with Gasteiger partial charge in [0, 0.05) is 24.1 Å². The number of rotatable bonds is 3. The van der Waals surface area contributed by atoms with Crippen LogP contribution in [0.3, 0.4) is 0 Å². The van der Waals surface area contributed by atoms with Crippen LogP contribution in [0.4, 0.5) is 0 Å². The van der Waals surface area contributed by atoms with E-state index in [0.717, 1.165) is 17.0 Å². The molecule has 3 nitrogen and oxygen atoms in total. The maximum atomic E-state index is 4.30. The third kappa shape index (κ3) is 4.86. The van der Waals surface area contributed by atoms with Crippen molar-refractivity contribution in [1.82, 2.24) is 10.6 Å². The second-order valence-corrected chi connectivity index (χ2v) is 5.95. The van der Waals surface area contributed by atoms with E-state index in [4.69, 9.17) is 0 Å². The van der Waals surface area contributed by atoms with Gasteiger partial charge in [0.25, 0.3) is 0 Å². The Hall–Kier alpha value is -1.03. The van der Waals surface area contributed by atoms with E-state index in [1.165, 1.54) is 37.7 Å². The van der Waals surface area contributed by atoms with E-state index >= 15 is 0 Å². The first-order valence-electron chi connectivity index (χ1n) is 6.99. The minimum absolute atomic E-state index is 0.588. The zero-order valence-electron chi connectivity index (χ0n) is 11.5. The van der Waals surface area contributed by atoms with Crippen LogP contribution in [0.5, 0.6) is 0 Å². The molecule has 4 heteroatoms. The molecule has 0 amide bonds. The number of aliphatic imine (C=N–C) groups is 1. The lowest BCUT2D eigenvalue weighted by molar-refractivity contribution is 0.410. The number of halogens is 1. The number of benzene rings is 1. The van der Waals surface area contributed by atoms with Gasteiger partial charge in [-0.2, -0.15) is 0 Å². The van der Waals surface area contributed by atoms with Crippen molar-refractivity contribution in [3.05, 3.63) is 34.3 Å². The second-order valence-electron chi connectivity index (χ2n) is 5.03. The summed E-state index contributed by atoms with van der Waals surface area (Å²) in [5, 5.41) is 6.89. The van der Waals surface area contributed by atoms with E-state index in [1.54, 1.807) is 0 Å². The van der Waals surface area contributed by atoms with Crippen LogP contribution in [0.1, 0.15) is 37.7 Å². The smallest absolute Gasteiger partial charge is 0.191 e. The summed E-state index contributed by atoms with van der Waals surface area (Å²) in [6.45, 7) is 0.805.